The molecule has 118 valence electrons. The quantitative estimate of drug-likeness (QED) is 0.833. The second-order valence-corrected chi connectivity index (χ2v) is 7.49. The Labute approximate surface area is 139 Å². The predicted molar refractivity (Wildman–Crippen MR) is 91.4 cm³/mol. The molecule has 1 amide bonds. The molecule has 1 aromatic heterocycles. The van der Waals surface area contributed by atoms with Gasteiger partial charge in [0.25, 0.3) is 0 Å². The van der Waals surface area contributed by atoms with Crippen LogP contribution in [0.2, 0.25) is 0 Å². The number of carbonyl (C=O) groups excluding carboxylic acids is 1. The molecule has 4 nitrogen and oxygen atoms in total. The van der Waals surface area contributed by atoms with Gasteiger partial charge in [-0.3, -0.25) is 9.69 Å². The summed E-state index contributed by atoms with van der Waals surface area (Å²) in [6.45, 7) is 3.94. The highest BCUT2D eigenvalue weighted by molar-refractivity contribution is 9.10. The lowest BCUT2D eigenvalue weighted by atomic mass is 9.93. The van der Waals surface area contributed by atoms with Crippen LogP contribution in [0.15, 0.2) is 15.9 Å². The van der Waals surface area contributed by atoms with Crippen molar-refractivity contribution in [2.45, 2.75) is 38.3 Å². The first-order chi connectivity index (χ1) is 10.1. The summed E-state index contributed by atoms with van der Waals surface area (Å²) in [5, 5.41) is 4.88. The number of halogens is 1. The van der Waals surface area contributed by atoms with Crippen LogP contribution in [0.3, 0.4) is 0 Å². The van der Waals surface area contributed by atoms with E-state index in [1.165, 1.54) is 4.88 Å². The summed E-state index contributed by atoms with van der Waals surface area (Å²) >= 11 is 5.27. The minimum Gasteiger partial charge on any atom is -0.359 e. The lowest BCUT2D eigenvalue weighted by molar-refractivity contribution is -0.126. The summed E-state index contributed by atoms with van der Waals surface area (Å²) in [4.78, 5) is 15.6. The summed E-state index contributed by atoms with van der Waals surface area (Å²) in [6, 6.07) is 2.46. The third-order valence-electron chi connectivity index (χ3n) is 4.22. The van der Waals surface area contributed by atoms with Gasteiger partial charge in [-0.2, -0.15) is 0 Å². The highest BCUT2D eigenvalue weighted by Crippen LogP contribution is 2.34. The van der Waals surface area contributed by atoms with Crippen molar-refractivity contribution in [3.8, 4) is 0 Å². The first-order valence-corrected chi connectivity index (χ1v) is 9.19. The number of nitrogens with one attached hydrogen (secondary N) is 1. The molecule has 1 aromatic rings. The number of thiophene rings is 1. The fraction of sp³-hybridized carbons (Fsp3) is 0.667. The number of carbonyl (C=O) groups is 1. The van der Waals surface area contributed by atoms with Crippen molar-refractivity contribution in [1.82, 2.24) is 10.2 Å². The van der Waals surface area contributed by atoms with Gasteiger partial charge in [0.2, 0.25) is 5.91 Å². The molecule has 2 rings (SSSR count). The largest absolute Gasteiger partial charge is 0.359 e. The SMILES string of the molecule is CCC(N)C(c1cc(Br)cs1)N1CCCC(C(=O)NC)C1. The molecule has 3 atom stereocenters. The van der Waals surface area contributed by atoms with E-state index in [0.717, 1.165) is 36.8 Å². The van der Waals surface area contributed by atoms with E-state index in [9.17, 15) is 4.79 Å². The van der Waals surface area contributed by atoms with E-state index in [1.807, 2.05) is 0 Å². The van der Waals surface area contributed by atoms with Gasteiger partial charge >= 0.3 is 0 Å². The van der Waals surface area contributed by atoms with Gasteiger partial charge in [-0.1, -0.05) is 6.92 Å². The third kappa shape index (κ3) is 4.06. The van der Waals surface area contributed by atoms with Gasteiger partial charge in [-0.05, 0) is 47.8 Å². The van der Waals surface area contributed by atoms with Gasteiger partial charge in [0, 0.05) is 34.4 Å². The summed E-state index contributed by atoms with van der Waals surface area (Å²) in [5.74, 6) is 0.231. The predicted octanol–water partition coefficient (Wildman–Crippen LogP) is 2.75. The molecule has 0 aromatic carbocycles. The van der Waals surface area contributed by atoms with E-state index >= 15 is 0 Å². The third-order valence-corrected chi connectivity index (χ3v) is 5.98. The maximum absolute atomic E-state index is 11.9. The number of rotatable bonds is 5. The minimum absolute atomic E-state index is 0.0821. The molecule has 0 radical (unpaired) electrons. The fourth-order valence-corrected chi connectivity index (χ4v) is 4.70. The van der Waals surface area contributed by atoms with E-state index in [2.05, 4.69) is 44.5 Å². The maximum Gasteiger partial charge on any atom is 0.224 e. The van der Waals surface area contributed by atoms with Crippen LogP contribution in [0, 0.1) is 5.92 Å². The van der Waals surface area contributed by atoms with E-state index in [4.69, 9.17) is 5.73 Å². The van der Waals surface area contributed by atoms with Crippen molar-refractivity contribution in [2.24, 2.45) is 11.7 Å². The zero-order valence-corrected chi connectivity index (χ0v) is 15.0. The Morgan fingerprint density at radius 3 is 3.00 bits per heavy atom. The molecule has 3 N–H and O–H groups in total. The number of hydrogen-bond donors (Lipinski definition) is 2. The normalized spacial score (nSPS) is 22.8. The van der Waals surface area contributed by atoms with Gasteiger partial charge in [-0.25, -0.2) is 0 Å². The number of piperidine rings is 1. The molecule has 1 saturated heterocycles. The van der Waals surface area contributed by atoms with Crippen LogP contribution < -0.4 is 11.1 Å². The summed E-state index contributed by atoms with van der Waals surface area (Å²) in [6.07, 6.45) is 2.96. The van der Waals surface area contributed by atoms with Crippen LogP contribution in [-0.2, 0) is 4.79 Å². The molecule has 0 saturated carbocycles. The average molecular weight is 374 g/mol. The molecule has 2 heterocycles. The number of hydrogen-bond acceptors (Lipinski definition) is 4. The van der Waals surface area contributed by atoms with Gasteiger partial charge < -0.3 is 11.1 Å². The highest BCUT2D eigenvalue weighted by atomic mass is 79.9. The molecule has 3 unspecified atom stereocenters. The smallest absolute Gasteiger partial charge is 0.224 e. The lowest BCUT2D eigenvalue weighted by Gasteiger charge is -2.39. The van der Waals surface area contributed by atoms with Gasteiger partial charge in [0.05, 0.1) is 12.0 Å². The zero-order chi connectivity index (χ0) is 15.4. The molecule has 1 fully saturated rings. The lowest BCUT2D eigenvalue weighted by Crippen LogP contribution is -2.48. The molecule has 0 bridgehead atoms. The van der Waals surface area contributed by atoms with Gasteiger partial charge in [0.1, 0.15) is 0 Å². The molecule has 21 heavy (non-hydrogen) atoms. The van der Waals surface area contributed by atoms with Crippen molar-refractivity contribution in [3.05, 3.63) is 20.8 Å². The van der Waals surface area contributed by atoms with Crippen molar-refractivity contribution in [1.29, 1.82) is 0 Å². The number of nitrogens with two attached hydrogens (primary N) is 1. The summed E-state index contributed by atoms with van der Waals surface area (Å²) < 4.78 is 1.11. The van der Waals surface area contributed by atoms with Crippen LogP contribution in [-0.4, -0.2) is 37.0 Å². The topological polar surface area (TPSA) is 58.4 Å². The van der Waals surface area contributed by atoms with Crippen molar-refractivity contribution < 1.29 is 4.79 Å². The van der Waals surface area contributed by atoms with E-state index in [0.29, 0.717) is 0 Å². The van der Waals surface area contributed by atoms with Crippen LogP contribution >= 0.6 is 27.3 Å². The molecular weight excluding hydrogens is 350 g/mol. The van der Waals surface area contributed by atoms with Crippen molar-refractivity contribution >= 4 is 33.2 Å². The molecule has 1 aliphatic rings. The summed E-state index contributed by atoms with van der Waals surface area (Å²) in [7, 11) is 1.72. The molecule has 0 aliphatic carbocycles. The molecular formula is C15H24BrN3OS. The average Bonchev–Trinajstić information content (AvgIpc) is 2.92. The Hall–Kier alpha value is -0.430. The molecule has 6 heteroatoms. The monoisotopic (exact) mass is 373 g/mol. The number of amides is 1. The Bertz CT molecular complexity index is 479. The first kappa shape index (κ1) is 16.9. The zero-order valence-electron chi connectivity index (χ0n) is 12.6. The van der Waals surface area contributed by atoms with Crippen LogP contribution in [0.5, 0.6) is 0 Å². The van der Waals surface area contributed by atoms with E-state index < -0.39 is 0 Å². The van der Waals surface area contributed by atoms with Gasteiger partial charge in [0.15, 0.2) is 0 Å². The van der Waals surface area contributed by atoms with E-state index in [-0.39, 0.29) is 23.9 Å². The maximum atomic E-state index is 11.9. The van der Waals surface area contributed by atoms with Crippen molar-refractivity contribution in [2.75, 3.05) is 20.1 Å². The minimum atomic E-state index is 0.0821. The second kappa shape index (κ2) is 7.72. The second-order valence-electron chi connectivity index (χ2n) is 5.63. The summed E-state index contributed by atoms with van der Waals surface area (Å²) in [5.41, 5.74) is 6.39. The Morgan fingerprint density at radius 1 is 1.67 bits per heavy atom. The fourth-order valence-electron chi connectivity index (χ4n) is 3.05. The first-order valence-electron chi connectivity index (χ1n) is 7.52. The number of likely N-dealkylation sites (tertiary alicyclic amines) is 1. The van der Waals surface area contributed by atoms with Gasteiger partial charge in [-0.15, -0.1) is 11.3 Å². The molecule has 0 spiro atoms. The standard InChI is InChI=1S/C15H24BrN3OS/c1-3-12(17)14(13-7-11(16)9-21-13)19-6-4-5-10(8-19)15(20)18-2/h7,9-10,12,14H,3-6,8,17H2,1-2H3,(H,18,20). The Morgan fingerprint density at radius 2 is 2.43 bits per heavy atom. The van der Waals surface area contributed by atoms with Crippen LogP contribution in [0.4, 0.5) is 0 Å². The highest BCUT2D eigenvalue weighted by Gasteiger charge is 2.33. The number of nitrogens with zero attached hydrogens (tertiary/aromatic N) is 1. The van der Waals surface area contributed by atoms with Crippen LogP contribution in [0.1, 0.15) is 37.1 Å². The Balaban J connectivity index is 2.18. The molecule has 1 aliphatic heterocycles. The van der Waals surface area contributed by atoms with Crippen LogP contribution in [0.25, 0.3) is 0 Å². The van der Waals surface area contributed by atoms with E-state index in [1.54, 1.807) is 18.4 Å². The Kier molecular flexibility index (Phi) is 6.22. The van der Waals surface area contributed by atoms with Crippen molar-refractivity contribution in [3.63, 3.8) is 0 Å².